The van der Waals surface area contributed by atoms with Crippen molar-refractivity contribution in [3.05, 3.63) is 46.3 Å². The first-order valence-corrected chi connectivity index (χ1v) is 15.3. The van der Waals surface area contributed by atoms with Gasteiger partial charge in [-0.25, -0.2) is 0 Å². The Morgan fingerprint density at radius 2 is 1.98 bits per heavy atom. The number of amides is 1. The van der Waals surface area contributed by atoms with E-state index < -0.39 is 0 Å². The number of nitrogens with one attached hydrogen (secondary N) is 2. The summed E-state index contributed by atoms with van der Waals surface area (Å²) in [7, 11) is 3.78. The van der Waals surface area contributed by atoms with E-state index in [1.807, 2.05) is 38.0 Å². The highest BCUT2D eigenvalue weighted by atomic mass is 16.5. The summed E-state index contributed by atoms with van der Waals surface area (Å²) >= 11 is 0. The molecule has 3 heterocycles. The van der Waals surface area contributed by atoms with Gasteiger partial charge in [0.25, 0.3) is 5.91 Å². The number of nitrogens with zero attached hydrogens (tertiary/aromatic N) is 4. The molecule has 2 N–H and O–H groups in total. The number of fused-ring (bicyclic) bond motifs is 1. The second-order valence-corrected chi connectivity index (χ2v) is 11.8. The van der Waals surface area contributed by atoms with E-state index in [1.165, 1.54) is 18.5 Å². The summed E-state index contributed by atoms with van der Waals surface area (Å²) in [5.74, 6) is -0.0439. The van der Waals surface area contributed by atoms with Crippen molar-refractivity contribution in [3.63, 3.8) is 0 Å². The predicted octanol–water partition coefficient (Wildman–Crippen LogP) is 4.13. The van der Waals surface area contributed by atoms with E-state index in [0.717, 1.165) is 77.8 Å². The van der Waals surface area contributed by atoms with Gasteiger partial charge in [-0.1, -0.05) is 6.92 Å². The molecule has 224 valence electrons. The summed E-state index contributed by atoms with van der Waals surface area (Å²) in [6, 6.07) is 3.14. The maximum Gasteiger partial charge on any atom is 0.251 e. The highest BCUT2D eigenvalue weighted by Gasteiger charge is 2.36. The van der Waals surface area contributed by atoms with Crippen LogP contribution >= 0.6 is 0 Å². The largest absolute Gasteiger partial charge is 0.379 e. The number of aromatic nitrogens is 2. The Bertz CT molecular complexity index is 1300. The molecule has 3 aliphatic rings. The minimum atomic E-state index is -0.0439. The maximum absolute atomic E-state index is 13.9. The van der Waals surface area contributed by atoms with E-state index >= 15 is 0 Å². The number of rotatable bonds is 9. The van der Waals surface area contributed by atoms with Gasteiger partial charge in [0, 0.05) is 69.1 Å². The lowest BCUT2D eigenvalue weighted by Crippen LogP contribution is -2.57. The number of carbonyl (C=O) groups excluding carboxylic acids is 1. The second-order valence-electron chi connectivity index (χ2n) is 11.8. The Kier molecular flexibility index (Phi) is 9.36. The zero-order chi connectivity index (χ0) is 29.1. The van der Waals surface area contributed by atoms with Crippen LogP contribution in [-0.2, 0) is 22.9 Å². The van der Waals surface area contributed by atoms with Crippen LogP contribution in [0, 0.1) is 0 Å². The van der Waals surface area contributed by atoms with Gasteiger partial charge in [-0.15, -0.1) is 0 Å². The number of allylic oxidation sites excluding steroid dienone is 3. The van der Waals surface area contributed by atoms with Gasteiger partial charge in [-0.2, -0.15) is 5.10 Å². The first-order chi connectivity index (χ1) is 19.8. The van der Waals surface area contributed by atoms with E-state index in [9.17, 15) is 4.79 Å². The number of anilines is 1. The quantitative estimate of drug-likeness (QED) is 0.474. The molecule has 1 amide bonds. The van der Waals surface area contributed by atoms with E-state index in [4.69, 9.17) is 9.47 Å². The summed E-state index contributed by atoms with van der Waals surface area (Å²) < 4.78 is 13.2. The molecule has 41 heavy (non-hydrogen) atoms. The predicted molar refractivity (Wildman–Crippen MR) is 164 cm³/mol. The lowest BCUT2D eigenvalue weighted by molar-refractivity contribution is -0.0578. The van der Waals surface area contributed by atoms with Crippen molar-refractivity contribution < 1.29 is 14.3 Å². The lowest BCUT2D eigenvalue weighted by Gasteiger charge is -2.47. The summed E-state index contributed by atoms with van der Waals surface area (Å²) in [6.07, 6.45) is 9.99. The van der Waals surface area contributed by atoms with Gasteiger partial charge < -0.3 is 25.0 Å². The second kappa shape index (κ2) is 13.0. The molecule has 9 heteroatoms. The molecular weight excluding hydrogens is 516 g/mol. The molecule has 2 aliphatic heterocycles. The standard InChI is InChI=1S/C32H48N6O3/c1-7-27-28(32(39)33-15-23-19-41-20-34-22(4)13-21(23)3)14-30-29(16-35-36(30)5)31(27)38(8-2)25-11-9-24(10-12-25)37-17-26(18-37)40-6/h13-14,16,24-26,34H,7-12,15,17-20H2,1-6H3,(H,33,39)/b22-13-,23-21-/t24-,25-. The number of likely N-dealkylation sites (tertiary alicyclic amines) is 1. The van der Waals surface area contributed by atoms with Crippen LogP contribution in [0.25, 0.3) is 10.9 Å². The maximum atomic E-state index is 13.9. The van der Waals surface area contributed by atoms with Crippen LogP contribution in [0.2, 0.25) is 0 Å². The van der Waals surface area contributed by atoms with E-state index in [-0.39, 0.29) is 5.91 Å². The Balaban J connectivity index is 1.40. The molecule has 2 fully saturated rings. The Morgan fingerprint density at radius 1 is 1.22 bits per heavy atom. The van der Waals surface area contributed by atoms with Crippen LogP contribution in [-0.4, -0.2) is 85.4 Å². The third kappa shape index (κ3) is 6.17. The topological polar surface area (TPSA) is 83.9 Å². The number of aryl methyl sites for hydroxylation is 1. The minimum absolute atomic E-state index is 0.0439. The van der Waals surface area contributed by atoms with Crippen molar-refractivity contribution >= 4 is 22.5 Å². The molecule has 0 spiro atoms. The van der Waals surface area contributed by atoms with Crippen molar-refractivity contribution in [1.29, 1.82) is 0 Å². The van der Waals surface area contributed by atoms with E-state index in [0.29, 0.717) is 38.1 Å². The monoisotopic (exact) mass is 564 g/mol. The zero-order valence-electron chi connectivity index (χ0n) is 25.8. The number of carbonyl (C=O) groups is 1. The third-order valence-corrected chi connectivity index (χ3v) is 9.37. The molecule has 0 bridgehead atoms. The van der Waals surface area contributed by atoms with Crippen LogP contribution in [0.5, 0.6) is 0 Å². The summed E-state index contributed by atoms with van der Waals surface area (Å²) in [6.45, 7) is 12.9. The molecule has 2 aromatic rings. The fourth-order valence-corrected chi connectivity index (χ4v) is 6.86. The molecule has 1 aromatic carbocycles. The van der Waals surface area contributed by atoms with E-state index in [1.54, 1.807) is 0 Å². The van der Waals surface area contributed by atoms with Gasteiger partial charge in [0.2, 0.25) is 0 Å². The number of hydrogen-bond acceptors (Lipinski definition) is 7. The van der Waals surface area contributed by atoms with Crippen LogP contribution in [0.15, 0.2) is 35.2 Å². The van der Waals surface area contributed by atoms with Crippen molar-refractivity contribution in [2.75, 3.05) is 51.5 Å². The smallest absolute Gasteiger partial charge is 0.251 e. The van der Waals surface area contributed by atoms with Crippen molar-refractivity contribution in [3.8, 4) is 0 Å². The van der Waals surface area contributed by atoms with Crippen LogP contribution in [0.4, 0.5) is 5.69 Å². The number of methoxy groups -OCH3 is 1. The average molecular weight is 565 g/mol. The SMILES string of the molecule is CCc1c(C(=O)NC/C2=C(C)/C=C(/C)NCOC2)cc2c(cnn2C)c1N(CC)[C@H]1CC[C@H](N2CC(OC)C2)CC1. The van der Waals surface area contributed by atoms with Gasteiger partial charge in [-0.05, 0) is 81.7 Å². The Hall–Kier alpha value is -2.88. The number of benzene rings is 1. The van der Waals surface area contributed by atoms with Gasteiger partial charge >= 0.3 is 0 Å². The van der Waals surface area contributed by atoms with Crippen LogP contribution in [0.1, 0.15) is 69.3 Å². The third-order valence-electron chi connectivity index (χ3n) is 9.37. The summed E-state index contributed by atoms with van der Waals surface area (Å²) in [5, 5.41) is 12.2. The van der Waals surface area contributed by atoms with Crippen LogP contribution < -0.4 is 15.5 Å². The van der Waals surface area contributed by atoms with Crippen molar-refractivity contribution in [2.24, 2.45) is 7.05 Å². The average Bonchev–Trinajstić information content (AvgIpc) is 3.31. The van der Waals surface area contributed by atoms with Gasteiger partial charge in [-0.3, -0.25) is 14.4 Å². The minimum Gasteiger partial charge on any atom is -0.379 e. The van der Waals surface area contributed by atoms with Gasteiger partial charge in [0.15, 0.2) is 0 Å². The number of hydrogen-bond donors (Lipinski definition) is 2. The number of ether oxygens (including phenoxy) is 2. The van der Waals surface area contributed by atoms with Gasteiger partial charge in [0.05, 0.1) is 30.1 Å². The summed E-state index contributed by atoms with van der Waals surface area (Å²) in [4.78, 5) is 19.0. The molecular formula is C32H48N6O3. The molecule has 1 saturated carbocycles. The lowest BCUT2D eigenvalue weighted by atomic mass is 9.86. The molecule has 0 atom stereocenters. The normalized spacial score (nSPS) is 25.6. The first kappa shape index (κ1) is 29.6. The molecule has 1 aliphatic carbocycles. The van der Waals surface area contributed by atoms with E-state index in [2.05, 4.69) is 52.4 Å². The molecule has 0 unspecified atom stereocenters. The zero-order valence-corrected chi connectivity index (χ0v) is 25.8. The van der Waals surface area contributed by atoms with Gasteiger partial charge in [0.1, 0.15) is 6.73 Å². The van der Waals surface area contributed by atoms with Crippen LogP contribution in [0.3, 0.4) is 0 Å². The molecule has 0 radical (unpaired) electrons. The summed E-state index contributed by atoms with van der Waals surface area (Å²) in [5.41, 5.74) is 7.31. The highest BCUT2D eigenvalue weighted by Crippen LogP contribution is 2.39. The fraction of sp³-hybridized carbons (Fsp3) is 0.625. The molecule has 9 nitrogen and oxygen atoms in total. The Labute approximate surface area is 244 Å². The Morgan fingerprint density at radius 3 is 2.66 bits per heavy atom. The molecule has 1 saturated heterocycles. The highest BCUT2D eigenvalue weighted by molar-refractivity contribution is 6.05. The van der Waals surface area contributed by atoms with Crippen molar-refractivity contribution in [1.82, 2.24) is 25.3 Å². The molecule has 1 aromatic heterocycles. The first-order valence-electron chi connectivity index (χ1n) is 15.3. The fourth-order valence-electron chi connectivity index (χ4n) is 6.86. The molecule has 5 rings (SSSR count). The van der Waals surface area contributed by atoms with Crippen molar-refractivity contribution in [2.45, 2.75) is 78.0 Å².